The third-order valence-corrected chi connectivity index (χ3v) is 5.05. The second-order valence-electron chi connectivity index (χ2n) is 9.81. The zero-order valence-electron chi connectivity index (χ0n) is 17.8. The summed E-state index contributed by atoms with van der Waals surface area (Å²) in [6.45, 7) is 15.1. The molecule has 1 aliphatic rings. The number of anilines is 1. The first kappa shape index (κ1) is 21.3. The first-order valence-corrected chi connectivity index (χ1v) is 9.70. The van der Waals surface area contributed by atoms with Gasteiger partial charge in [0.1, 0.15) is 5.60 Å². The van der Waals surface area contributed by atoms with E-state index in [0.717, 1.165) is 5.69 Å². The monoisotopic (exact) mass is 374 g/mol. The molecule has 0 saturated carbocycles. The molecule has 0 bridgehead atoms. The van der Waals surface area contributed by atoms with Gasteiger partial charge in [-0.15, -0.1) is 0 Å². The van der Waals surface area contributed by atoms with Crippen LogP contribution in [0.25, 0.3) is 0 Å². The van der Waals surface area contributed by atoms with Crippen molar-refractivity contribution in [3.63, 3.8) is 0 Å². The summed E-state index contributed by atoms with van der Waals surface area (Å²) < 4.78 is 5.43. The van der Waals surface area contributed by atoms with Crippen molar-refractivity contribution in [1.82, 2.24) is 4.90 Å². The van der Waals surface area contributed by atoms with Gasteiger partial charge in [-0.2, -0.15) is 0 Å². The number of carbonyl (C=O) groups is 2. The normalized spacial score (nSPS) is 17.4. The average Bonchev–Trinajstić information content (AvgIpc) is 2.53. The molecule has 1 fully saturated rings. The molecule has 2 rings (SSSR count). The lowest BCUT2D eigenvalue weighted by Crippen LogP contribution is -2.48. The molecular formula is C22H34N2O3. The van der Waals surface area contributed by atoms with Crippen molar-refractivity contribution in [2.75, 3.05) is 18.4 Å². The van der Waals surface area contributed by atoms with Gasteiger partial charge >= 0.3 is 6.09 Å². The van der Waals surface area contributed by atoms with Crippen molar-refractivity contribution < 1.29 is 14.3 Å². The van der Waals surface area contributed by atoms with Gasteiger partial charge in [0.25, 0.3) is 0 Å². The van der Waals surface area contributed by atoms with Crippen molar-refractivity contribution in [3.8, 4) is 0 Å². The lowest BCUT2D eigenvalue weighted by atomic mass is 9.79. The van der Waals surface area contributed by atoms with E-state index in [2.05, 4.69) is 32.2 Å². The summed E-state index contributed by atoms with van der Waals surface area (Å²) in [4.78, 5) is 26.8. The van der Waals surface area contributed by atoms with Gasteiger partial charge in [0.05, 0.1) is 5.41 Å². The number of likely N-dealkylation sites (tertiary alicyclic amines) is 1. The summed E-state index contributed by atoms with van der Waals surface area (Å²) >= 11 is 0. The number of benzene rings is 1. The second-order valence-corrected chi connectivity index (χ2v) is 9.81. The van der Waals surface area contributed by atoms with E-state index in [0.29, 0.717) is 25.9 Å². The maximum atomic E-state index is 12.9. The fraction of sp³-hybridized carbons (Fsp3) is 0.636. The Hall–Kier alpha value is -2.04. The number of ether oxygens (including phenoxy) is 1. The van der Waals surface area contributed by atoms with E-state index in [9.17, 15) is 9.59 Å². The number of nitrogens with zero attached hydrogens (tertiary/aromatic N) is 1. The number of hydrogen-bond donors (Lipinski definition) is 1. The molecule has 27 heavy (non-hydrogen) atoms. The summed E-state index contributed by atoms with van der Waals surface area (Å²) in [5.74, 6) is 0.0115. The van der Waals surface area contributed by atoms with E-state index in [1.54, 1.807) is 4.90 Å². The van der Waals surface area contributed by atoms with Crippen LogP contribution in [0.4, 0.5) is 10.5 Å². The van der Waals surface area contributed by atoms with Gasteiger partial charge in [0.15, 0.2) is 0 Å². The number of nitrogens with one attached hydrogen (secondary N) is 1. The quantitative estimate of drug-likeness (QED) is 0.796. The van der Waals surface area contributed by atoms with Crippen LogP contribution in [0.1, 0.15) is 66.9 Å². The fourth-order valence-corrected chi connectivity index (χ4v) is 3.08. The zero-order valence-corrected chi connectivity index (χ0v) is 17.8. The van der Waals surface area contributed by atoms with E-state index in [-0.39, 0.29) is 17.4 Å². The molecule has 1 aliphatic heterocycles. The topological polar surface area (TPSA) is 58.6 Å². The predicted octanol–water partition coefficient (Wildman–Crippen LogP) is 4.96. The average molecular weight is 375 g/mol. The molecule has 0 aliphatic carbocycles. The molecule has 0 spiro atoms. The Morgan fingerprint density at radius 1 is 1.07 bits per heavy atom. The fourth-order valence-electron chi connectivity index (χ4n) is 3.08. The minimum absolute atomic E-state index is 0.0115. The van der Waals surface area contributed by atoms with Crippen LogP contribution in [-0.2, 0) is 14.9 Å². The number of carbonyl (C=O) groups excluding carboxylic acids is 2. The van der Waals surface area contributed by atoms with E-state index in [1.807, 2.05) is 45.9 Å². The standard InChI is InChI=1S/C22H34N2O3/c1-20(2,3)16-9-8-10-17(15-16)23-18(25)22(7)11-13-24(14-12-22)19(26)27-21(4,5)6/h8-10,15H,11-14H2,1-7H3,(H,23,25). The zero-order chi connectivity index (χ0) is 20.5. The largest absolute Gasteiger partial charge is 0.444 e. The lowest BCUT2D eigenvalue weighted by molar-refractivity contribution is -0.127. The summed E-state index contributed by atoms with van der Waals surface area (Å²) in [5, 5.41) is 3.07. The molecule has 1 N–H and O–H groups in total. The number of hydrogen-bond acceptors (Lipinski definition) is 3. The minimum atomic E-state index is -0.507. The van der Waals surface area contributed by atoms with Gasteiger partial charge < -0.3 is 15.0 Å². The van der Waals surface area contributed by atoms with Crippen LogP contribution in [0.15, 0.2) is 24.3 Å². The first-order valence-electron chi connectivity index (χ1n) is 9.70. The van der Waals surface area contributed by atoms with Gasteiger partial charge in [-0.05, 0) is 56.7 Å². The molecule has 1 aromatic rings. The highest BCUT2D eigenvalue weighted by atomic mass is 16.6. The smallest absolute Gasteiger partial charge is 0.410 e. The van der Waals surface area contributed by atoms with Crippen LogP contribution in [0.2, 0.25) is 0 Å². The highest BCUT2D eigenvalue weighted by Gasteiger charge is 2.39. The molecule has 1 aromatic carbocycles. The SMILES string of the molecule is CC(C)(C)OC(=O)N1CCC(C)(C(=O)Nc2cccc(C(C)(C)C)c2)CC1. The molecular weight excluding hydrogens is 340 g/mol. The Kier molecular flexibility index (Phi) is 5.93. The van der Waals surface area contributed by atoms with Crippen molar-refractivity contribution in [1.29, 1.82) is 0 Å². The second kappa shape index (κ2) is 7.53. The minimum Gasteiger partial charge on any atom is -0.444 e. The molecule has 5 nitrogen and oxygen atoms in total. The van der Waals surface area contributed by atoms with Crippen LogP contribution >= 0.6 is 0 Å². The maximum absolute atomic E-state index is 12.9. The highest BCUT2D eigenvalue weighted by molar-refractivity contribution is 5.95. The molecule has 1 saturated heterocycles. The summed E-state index contributed by atoms with van der Waals surface area (Å²) in [5.41, 5.74) is 1.04. The first-order chi connectivity index (χ1) is 12.3. The lowest BCUT2D eigenvalue weighted by Gasteiger charge is -2.38. The van der Waals surface area contributed by atoms with Crippen molar-refractivity contribution in [3.05, 3.63) is 29.8 Å². The van der Waals surface area contributed by atoms with Crippen molar-refractivity contribution in [2.24, 2.45) is 5.41 Å². The molecule has 0 radical (unpaired) electrons. The third kappa shape index (κ3) is 5.72. The molecule has 2 amide bonds. The highest BCUT2D eigenvalue weighted by Crippen LogP contribution is 2.33. The Morgan fingerprint density at radius 2 is 1.67 bits per heavy atom. The molecule has 0 aromatic heterocycles. The Morgan fingerprint density at radius 3 is 2.19 bits per heavy atom. The summed E-state index contributed by atoms with van der Waals surface area (Å²) in [7, 11) is 0. The molecule has 0 atom stereocenters. The van der Waals surface area contributed by atoms with E-state index >= 15 is 0 Å². The maximum Gasteiger partial charge on any atom is 0.410 e. The van der Waals surface area contributed by atoms with E-state index < -0.39 is 11.0 Å². The summed E-state index contributed by atoms with van der Waals surface area (Å²) in [6, 6.07) is 8.02. The Balaban J connectivity index is 1.99. The van der Waals surface area contributed by atoms with E-state index in [4.69, 9.17) is 4.74 Å². The van der Waals surface area contributed by atoms with Gasteiger partial charge in [-0.1, -0.05) is 39.8 Å². The molecule has 150 valence electrons. The number of rotatable bonds is 2. The van der Waals surface area contributed by atoms with Crippen LogP contribution < -0.4 is 5.32 Å². The van der Waals surface area contributed by atoms with E-state index in [1.165, 1.54) is 5.56 Å². The van der Waals surface area contributed by atoms with Gasteiger partial charge in [0, 0.05) is 18.8 Å². The van der Waals surface area contributed by atoms with Crippen molar-refractivity contribution >= 4 is 17.7 Å². The van der Waals surface area contributed by atoms with Crippen LogP contribution in [0.5, 0.6) is 0 Å². The van der Waals surface area contributed by atoms with Crippen LogP contribution in [-0.4, -0.2) is 35.6 Å². The third-order valence-electron chi connectivity index (χ3n) is 5.05. The number of amides is 2. The summed E-state index contributed by atoms with van der Waals surface area (Å²) in [6.07, 6.45) is 0.941. The van der Waals surface area contributed by atoms with Crippen molar-refractivity contribution in [2.45, 2.75) is 72.3 Å². The van der Waals surface area contributed by atoms with Gasteiger partial charge in [-0.3, -0.25) is 4.79 Å². The molecule has 1 heterocycles. The molecule has 5 heteroatoms. The Labute approximate surface area is 163 Å². The van der Waals surface area contributed by atoms with Crippen LogP contribution in [0.3, 0.4) is 0 Å². The molecule has 0 unspecified atom stereocenters. The van der Waals surface area contributed by atoms with Gasteiger partial charge in [0.2, 0.25) is 5.91 Å². The predicted molar refractivity (Wildman–Crippen MR) is 109 cm³/mol. The van der Waals surface area contributed by atoms with Gasteiger partial charge in [-0.25, -0.2) is 4.79 Å². The Bertz CT molecular complexity index is 690. The van der Waals surface area contributed by atoms with Crippen LogP contribution in [0, 0.1) is 5.41 Å². The number of piperidine rings is 1.